The van der Waals surface area contributed by atoms with Gasteiger partial charge in [0, 0.05) is 46.9 Å². The number of carbonyl (C=O) groups is 1. The fourth-order valence-corrected chi connectivity index (χ4v) is 6.24. The number of pyridine rings is 2. The third-order valence-electron chi connectivity index (χ3n) is 8.75. The van der Waals surface area contributed by atoms with Crippen LogP contribution in [0.4, 0.5) is 10.1 Å². The zero-order valence-electron chi connectivity index (χ0n) is 27.3. The Labute approximate surface area is 284 Å². The van der Waals surface area contributed by atoms with Gasteiger partial charge in [-0.3, -0.25) is 9.78 Å². The van der Waals surface area contributed by atoms with E-state index in [-0.39, 0.29) is 11.7 Å². The number of amides is 1. The summed E-state index contributed by atoms with van der Waals surface area (Å²) in [7, 11) is 1.59. The minimum atomic E-state index is -0.632. The van der Waals surface area contributed by atoms with Gasteiger partial charge >= 0.3 is 0 Å². The first-order chi connectivity index (χ1) is 24.1. The zero-order chi connectivity index (χ0) is 33.6. The number of fused-ring (bicyclic) bond motifs is 2. The number of piperidine rings is 1. The maximum Gasteiger partial charge on any atom is 0.256 e. The van der Waals surface area contributed by atoms with Crippen molar-refractivity contribution in [1.29, 1.82) is 0 Å². The highest BCUT2D eigenvalue weighted by molar-refractivity contribution is 6.13. The molecule has 0 unspecified atom stereocenters. The fraction of sp³-hybridized carbons (Fsp3) is 0.225. The standard InChI is InChI=1S/C40H37FN4O4/c1-47-38-25-31-35(26-39(38)48-22-10-21-45-19-8-3-9-20-45)42-18-17-36(31)49-37-16-15-28(23-32(37)41)43-40(46)30-24-34(27-11-4-2-5-12-27)44-33-14-7-6-13-29(30)33/h2,4-7,11-18,23-26H,3,8-10,19-22H2,1H3,(H,43,46). The van der Waals surface area contributed by atoms with E-state index >= 15 is 4.39 Å². The number of carbonyl (C=O) groups excluding carboxylic acids is 1. The molecule has 248 valence electrons. The first kappa shape index (κ1) is 32.0. The van der Waals surface area contributed by atoms with Gasteiger partial charge in [-0.15, -0.1) is 0 Å². The number of nitrogens with zero attached hydrogens (tertiary/aromatic N) is 3. The van der Waals surface area contributed by atoms with Crippen LogP contribution in [-0.2, 0) is 0 Å². The Bertz CT molecular complexity index is 2100. The van der Waals surface area contributed by atoms with Crippen LogP contribution in [0.3, 0.4) is 0 Å². The van der Waals surface area contributed by atoms with Crippen molar-refractivity contribution in [1.82, 2.24) is 14.9 Å². The second-order valence-electron chi connectivity index (χ2n) is 12.1. The summed E-state index contributed by atoms with van der Waals surface area (Å²) in [6.07, 6.45) is 6.37. The van der Waals surface area contributed by atoms with Gasteiger partial charge in [0.2, 0.25) is 0 Å². The zero-order valence-corrected chi connectivity index (χ0v) is 27.3. The number of rotatable bonds is 11. The SMILES string of the molecule is COc1cc2c(Oc3ccc(NC(=O)c4cc(-c5ccccc5)nc5ccccc45)cc3F)ccnc2cc1OCCCN1CCCCC1. The summed E-state index contributed by atoms with van der Waals surface area (Å²) in [4.78, 5) is 25.3. The molecule has 6 aromatic rings. The lowest BCUT2D eigenvalue weighted by atomic mass is 10.0. The van der Waals surface area contributed by atoms with Crippen molar-refractivity contribution in [2.45, 2.75) is 25.7 Å². The van der Waals surface area contributed by atoms with Crippen LogP contribution in [0.25, 0.3) is 33.1 Å². The van der Waals surface area contributed by atoms with Gasteiger partial charge in [-0.05, 0) is 68.8 Å². The van der Waals surface area contributed by atoms with Crippen LogP contribution in [0.2, 0.25) is 0 Å². The van der Waals surface area contributed by atoms with Crippen LogP contribution in [0.5, 0.6) is 23.0 Å². The summed E-state index contributed by atoms with van der Waals surface area (Å²) in [5.74, 6) is 0.549. The Morgan fingerprint density at radius 2 is 1.63 bits per heavy atom. The van der Waals surface area contributed by atoms with E-state index in [0.717, 1.165) is 31.6 Å². The second-order valence-corrected chi connectivity index (χ2v) is 12.1. The highest BCUT2D eigenvalue weighted by Crippen LogP contribution is 2.38. The molecular formula is C40H37FN4O4. The van der Waals surface area contributed by atoms with Crippen LogP contribution >= 0.6 is 0 Å². The third kappa shape index (κ3) is 7.32. The number of halogens is 1. The highest BCUT2D eigenvalue weighted by Gasteiger charge is 2.17. The van der Waals surface area contributed by atoms with Crippen molar-refractivity contribution < 1.29 is 23.4 Å². The van der Waals surface area contributed by atoms with Gasteiger partial charge < -0.3 is 24.4 Å². The van der Waals surface area contributed by atoms with Gasteiger partial charge in [0.1, 0.15) is 5.75 Å². The topological polar surface area (TPSA) is 85.8 Å². The van der Waals surface area contributed by atoms with Crippen LogP contribution in [0.1, 0.15) is 36.0 Å². The number of hydrogen-bond acceptors (Lipinski definition) is 7. The quantitative estimate of drug-likeness (QED) is 0.139. The Hall–Kier alpha value is -5.54. The molecule has 9 heteroatoms. The molecule has 1 fully saturated rings. The number of para-hydroxylation sites is 1. The first-order valence-corrected chi connectivity index (χ1v) is 16.6. The molecule has 1 N–H and O–H groups in total. The summed E-state index contributed by atoms with van der Waals surface area (Å²) in [5, 5.41) is 4.19. The van der Waals surface area contributed by atoms with Gasteiger partial charge in [-0.2, -0.15) is 0 Å². The molecular weight excluding hydrogens is 619 g/mol. The average Bonchev–Trinajstić information content (AvgIpc) is 3.14. The molecule has 8 nitrogen and oxygen atoms in total. The van der Waals surface area contributed by atoms with E-state index < -0.39 is 5.82 Å². The van der Waals surface area contributed by atoms with Gasteiger partial charge in [-0.25, -0.2) is 9.37 Å². The molecule has 0 spiro atoms. The largest absolute Gasteiger partial charge is 0.493 e. The number of methoxy groups -OCH3 is 1. The Morgan fingerprint density at radius 1 is 0.816 bits per heavy atom. The van der Waals surface area contributed by atoms with Gasteiger partial charge in [0.15, 0.2) is 23.1 Å². The van der Waals surface area contributed by atoms with Gasteiger partial charge in [-0.1, -0.05) is 55.0 Å². The molecule has 0 bridgehead atoms. The summed E-state index contributed by atoms with van der Waals surface area (Å²) in [6, 6.07) is 28.5. The Morgan fingerprint density at radius 3 is 2.45 bits per heavy atom. The summed E-state index contributed by atoms with van der Waals surface area (Å²) in [5.41, 5.74) is 3.62. The molecule has 2 aromatic heterocycles. The lowest BCUT2D eigenvalue weighted by Crippen LogP contribution is -2.31. The Balaban J connectivity index is 1.07. The smallest absolute Gasteiger partial charge is 0.256 e. The van der Waals surface area contributed by atoms with Crippen molar-refractivity contribution >= 4 is 33.4 Å². The van der Waals surface area contributed by atoms with E-state index in [1.165, 1.54) is 31.4 Å². The van der Waals surface area contributed by atoms with Crippen LogP contribution in [0.15, 0.2) is 103 Å². The average molecular weight is 657 g/mol. The molecule has 1 amide bonds. The minimum absolute atomic E-state index is 0.00299. The maximum atomic E-state index is 15.5. The lowest BCUT2D eigenvalue weighted by Gasteiger charge is -2.26. The summed E-state index contributed by atoms with van der Waals surface area (Å²) < 4.78 is 33.3. The van der Waals surface area contributed by atoms with Crippen LogP contribution in [-0.4, -0.2) is 54.1 Å². The van der Waals surface area contributed by atoms with E-state index in [9.17, 15) is 4.79 Å². The molecule has 7 rings (SSSR count). The number of aromatic nitrogens is 2. The van der Waals surface area contributed by atoms with E-state index in [2.05, 4.69) is 15.2 Å². The monoisotopic (exact) mass is 656 g/mol. The van der Waals surface area contributed by atoms with Crippen molar-refractivity contribution in [3.05, 3.63) is 115 Å². The number of hydrogen-bond donors (Lipinski definition) is 1. The molecule has 3 heterocycles. The van der Waals surface area contributed by atoms with E-state index in [4.69, 9.17) is 19.2 Å². The van der Waals surface area contributed by atoms with Crippen molar-refractivity contribution in [3.63, 3.8) is 0 Å². The highest BCUT2D eigenvalue weighted by atomic mass is 19.1. The molecule has 0 aliphatic carbocycles. The van der Waals surface area contributed by atoms with Crippen molar-refractivity contribution in [3.8, 4) is 34.3 Å². The second kappa shape index (κ2) is 14.7. The number of ether oxygens (including phenoxy) is 3. The molecule has 49 heavy (non-hydrogen) atoms. The summed E-state index contributed by atoms with van der Waals surface area (Å²) >= 11 is 0. The summed E-state index contributed by atoms with van der Waals surface area (Å²) in [6.45, 7) is 3.89. The molecule has 0 saturated carbocycles. The third-order valence-corrected chi connectivity index (χ3v) is 8.75. The van der Waals surface area contributed by atoms with E-state index in [1.807, 2.05) is 60.7 Å². The predicted octanol–water partition coefficient (Wildman–Crippen LogP) is 8.90. The lowest BCUT2D eigenvalue weighted by molar-refractivity contribution is 0.102. The number of benzene rings is 4. The Kier molecular flexibility index (Phi) is 9.61. The molecule has 1 aliphatic heterocycles. The van der Waals surface area contributed by atoms with Gasteiger partial charge in [0.05, 0.1) is 36.0 Å². The van der Waals surface area contributed by atoms with Gasteiger partial charge in [0.25, 0.3) is 5.91 Å². The normalized spacial score (nSPS) is 13.3. The van der Waals surface area contributed by atoms with Crippen LogP contribution in [0, 0.1) is 5.82 Å². The fourth-order valence-electron chi connectivity index (χ4n) is 6.24. The van der Waals surface area contributed by atoms with Crippen LogP contribution < -0.4 is 19.5 Å². The van der Waals surface area contributed by atoms with Crippen molar-refractivity contribution in [2.24, 2.45) is 0 Å². The molecule has 1 saturated heterocycles. The van der Waals surface area contributed by atoms with E-state index in [1.54, 1.807) is 37.6 Å². The number of anilines is 1. The first-order valence-electron chi connectivity index (χ1n) is 16.6. The molecule has 0 radical (unpaired) electrons. The number of nitrogens with one attached hydrogen (secondary N) is 1. The molecule has 0 atom stereocenters. The predicted molar refractivity (Wildman–Crippen MR) is 190 cm³/mol. The molecule has 4 aromatic carbocycles. The van der Waals surface area contributed by atoms with Crippen molar-refractivity contribution in [2.75, 3.05) is 38.7 Å². The minimum Gasteiger partial charge on any atom is -0.493 e. The number of likely N-dealkylation sites (tertiary alicyclic amines) is 1. The van der Waals surface area contributed by atoms with E-state index in [0.29, 0.717) is 62.6 Å². The molecule has 1 aliphatic rings. The maximum absolute atomic E-state index is 15.5.